The quantitative estimate of drug-likeness (QED) is 0.447. The summed E-state index contributed by atoms with van der Waals surface area (Å²) in [6.45, 7) is 3.63. The van der Waals surface area contributed by atoms with E-state index >= 15 is 0 Å². The second kappa shape index (κ2) is 7.93. The van der Waals surface area contributed by atoms with Gasteiger partial charge in [-0.1, -0.05) is 67.2 Å². The van der Waals surface area contributed by atoms with Crippen molar-refractivity contribution in [3.05, 3.63) is 84.4 Å². The van der Waals surface area contributed by atoms with Gasteiger partial charge in [0.25, 0.3) is 0 Å². The number of hydrogen-bond donors (Lipinski definition) is 0. The molecular formula is C19H18O3. The fourth-order valence-corrected chi connectivity index (χ4v) is 2.12. The highest BCUT2D eigenvalue weighted by Gasteiger charge is 2.26. The van der Waals surface area contributed by atoms with E-state index in [1.807, 2.05) is 60.7 Å². The van der Waals surface area contributed by atoms with Crippen LogP contribution in [0.1, 0.15) is 11.1 Å². The van der Waals surface area contributed by atoms with Gasteiger partial charge >= 0.3 is 5.97 Å². The van der Waals surface area contributed by atoms with E-state index in [9.17, 15) is 9.59 Å². The second-order valence-electron chi connectivity index (χ2n) is 4.94. The van der Waals surface area contributed by atoms with Gasteiger partial charge in [0.05, 0.1) is 0 Å². The molecule has 1 atom stereocenters. The maximum absolute atomic E-state index is 12.2. The topological polar surface area (TPSA) is 43.4 Å². The molecular weight excluding hydrogens is 276 g/mol. The van der Waals surface area contributed by atoms with Crippen molar-refractivity contribution in [1.29, 1.82) is 0 Å². The van der Waals surface area contributed by atoms with E-state index in [4.69, 9.17) is 4.74 Å². The molecule has 2 rings (SSSR count). The third-order valence-corrected chi connectivity index (χ3v) is 3.34. The number of allylic oxidation sites excluding steroid dienone is 1. The van der Waals surface area contributed by atoms with Gasteiger partial charge < -0.3 is 4.74 Å². The zero-order chi connectivity index (χ0) is 15.8. The van der Waals surface area contributed by atoms with Crippen LogP contribution in [0.15, 0.2) is 73.3 Å². The van der Waals surface area contributed by atoms with Crippen molar-refractivity contribution in [2.75, 3.05) is 0 Å². The van der Waals surface area contributed by atoms with Crippen LogP contribution in [-0.2, 0) is 27.4 Å². The maximum atomic E-state index is 12.2. The summed E-state index contributed by atoms with van der Waals surface area (Å²) < 4.78 is 5.28. The Bertz CT molecular complexity index is 632. The summed E-state index contributed by atoms with van der Waals surface area (Å²) in [5, 5.41) is 0. The van der Waals surface area contributed by atoms with E-state index in [-0.39, 0.29) is 12.4 Å². The molecule has 0 amide bonds. The zero-order valence-electron chi connectivity index (χ0n) is 12.3. The predicted octanol–water partition coefficient (Wildman–Crippen LogP) is 3.34. The Kier molecular flexibility index (Phi) is 5.66. The SMILES string of the molecule is C=CC(=O)C(Cc1ccccc1)C(=O)OCc1ccccc1. The van der Waals surface area contributed by atoms with E-state index < -0.39 is 11.9 Å². The van der Waals surface area contributed by atoms with Gasteiger partial charge in [-0.05, 0) is 23.6 Å². The van der Waals surface area contributed by atoms with Crippen LogP contribution >= 0.6 is 0 Å². The summed E-state index contributed by atoms with van der Waals surface area (Å²) in [7, 11) is 0. The molecule has 0 aliphatic heterocycles. The highest BCUT2D eigenvalue weighted by molar-refractivity contribution is 6.04. The number of ether oxygens (including phenoxy) is 1. The van der Waals surface area contributed by atoms with E-state index in [2.05, 4.69) is 6.58 Å². The Balaban J connectivity index is 2.03. The van der Waals surface area contributed by atoms with Gasteiger partial charge in [0, 0.05) is 0 Å². The molecule has 0 aromatic heterocycles. The average molecular weight is 294 g/mol. The minimum absolute atomic E-state index is 0.162. The lowest BCUT2D eigenvalue weighted by molar-refractivity contribution is -0.152. The first kappa shape index (κ1) is 15.7. The Labute approximate surface area is 130 Å². The highest BCUT2D eigenvalue weighted by atomic mass is 16.5. The number of hydrogen-bond acceptors (Lipinski definition) is 3. The molecule has 0 aliphatic carbocycles. The lowest BCUT2D eigenvalue weighted by Crippen LogP contribution is -2.27. The van der Waals surface area contributed by atoms with Crippen molar-refractivity contribution in [3.63, 3.8) is 0 Å². The third-order valence-electron chi connectivity index (χ3n) is 3.34. The molecule has 0 bridgehead atoms. The molecule has 0 heterocycles. The van der Waals surface area contributed by atoms with E-state index in [0.29, 0.717) is 6.42 Å². The Morgan fingerprint density at radius 2 is 1.50 bits per heavy atom. The molecule has 2 aromatic rings. The van der Waals surface area contributed by atoms with Crippen molar-refractivity contribution in [3.8, 4) is 0 Å². The van der Waals surface area contributed by atoms with Gasteiger partial charge in [-0.15, -0.1) is 0 Å². The van der Waals surface area contributed by atoms with Crippen LogP contribution in [-0.4, -0.2) is 11.8 Å². The standard InChI is InChI=1S/C19H18O3/c1-2-18(20)17(13-15-9-5-3-6-10-15)19(21)22-14-16-11-7-4-8-12-16/h2-12,17H,1,13-14H2. The molecule has 0 saturated carbocycles. The summed E-state index contributed by atoms with van der Waals surface area (Å²) in [6, 6.07) is 18.8. The van der Waals surface area contributed by atoms with Gasteiger partial charge in [-0.2, -0.15) is 0 Å². The maximum Gasteiger partial charge on any atom is 0.317 e. The third kappa shape index (κ3) is 4.42. The van der Waals surface area contributed by atoms with Gasteiger partial charge in [-0.25, -0.2) is 0 Å². The van der Waals surface area contributed by atoms with Crippen molar-refractivity contribution in [2.24, 2.45) is 5.92 Å². The van der Waals surface area contributed by atoms with Gasteiger partial charge in [-0.3, -0.25) is 9.59 Å². The molecule has 0 spiro atoms. The van der Waals surface area contributed by atoms with Crippen LogP contribution in [0.2, 0.25) is 0 Å². The van der Waals surface area contributed by atoms with Crippen molar-refractivity contribution in [2.45, 2.75) is 13.0 Å². The number of carbonyl (C=O) groups is 2. The lowest BCUT2D eigenvalue weighted by atomic mass is 9.95. The molecule has 0 radical (unpaired) electrons. The zero-order valence-corrected chi connectivity index (χ0v) is 12.3. The molecule has 2 aromatic carbocycles. The van der Waals surface area contributed by atoms with Crippen molar-refractivity contribution >= 4 is 11.8 Å². The van der Waals surface area contributed by atoms with Crippen LogP contribution in [0, 0.1) is 5.92 Å². The molecule has 0 fully saturated rings. The minimum atomic E-state index is -0.844. The number of rotatable bonds is 7. The summed E-state index contributed by atoms with van der Waals surface area (Å²) in [6.07, 6.45) is 1.50. The first-order valence-corrected chi connectivity index (χ1v) is 7.11. The fraction of sp³-hybridized carbons (Fsp3) is 0.158. The Morgan fingerprint density at radius 3 is 2.05 bits per heavy atom. The molecule has 0 N–H and O–H groups in total. The Morgan fingerprint density at radius 1 is 0.955 bits per heavy atom. The summed E-state index contributed by atoms with van der Waals surface area (Å²) in [5.41, 5.74) is 1.81. The van der Waals surface area contributed by atoms with Crippen molar-refractivity contribution in [1.82, 2.24) is 0 Å². The van der Waals surface area contributed by atoms with Crippen LogP contribution in [0.25, 0.3) is 0 Å². The molecule has 3 nitrogen and oxygen atoms in total. The van der Waals surface area contributed by atoms with Gasteiger partial charge in [0.2, 0.25) is 0 Å². The van der Waals surface area contributed by atoms with Crippen LogP contribution in [0.4, 0.5) is 0 Å². The highest BCUT2D eigenvalue weighted by Crippen LogP contribution is 2.14. The number of esters is 1. The fourth-order valence-electron chi connectivity index (χ4n) is 2.12. The number of benzene rings is 2. The first-order chi connectivity index (χ1) is 10.7. The van der Waals surface area contributed by atoms with Gasteiger partial charge in [0.1, 0.15) is 12.5 Å². The van der Waals surface area contributed by atoms with Crippen LogP contribution in [0.5, 0.6) is 0 Å². The van der Waals surface area contributed by atoms with Crippen LogP contribution in [0.3, 0.4) is 0 Å². The normalized spacial score (nSPS) is 11.5. The lowest BCUT2D eigenvalue weighted by Gasteiger charge is -2.13. The molecule has 22 heavy (non-hydrogen) atoms. The summed E-state index contributed by atoms with van der Waals surface area (Å²) >= 11 is 0. The average Bonchev–Trinajstić information content (AvgIpc) is 2.58. The Hall–Kier alpha value is -2.68. The van der Waals surface area contributed by atoms with E-state index in [0.717, 1.165) is 11.1 Å². The smallest absolute Gasteiger partial charge is 0.317 e. The molecule has 112 valence electrons. The van der Waals surface area contributed by atoms with E-state index in [1.54, 1.807) is 0 Å². The first-order valence-electron chi connectivity index (χ1n) is 7.11. The predicted molar refractivity (Wildman–Crippen MR) is 85.1 cm³/mol. The van der Waals surface area contributed by atoms with E-state index in [1.165, 1.54) is 6.08 Å². The van der Waals surface area contributed by atoms with Crippen LogP contribution < -0.4 is 0 Å². The largest absolute Gasteiger partial charge is 0.460 e. The molecule has 1 unspecified atom stereocenters. The monoisotopic (exact) mass is 294 g/mol. The molecule has 3 heteroatoms. The van der Waals surface area contributed by atoms with Crippen molar-refractivity contribution < 1.29 is 14.3 Å². The molecule has 0 saturated heterocycles. The minimum Gasteiger partial charge on any atom is -0.460 e. The van der Waals surface area contributed by atoms with Gasteiger partial charge in [0.15, 0.2) is 5.78 Å². The molecule has 0 aliphatic rings. The summed E-state index contributed by atoms with van der Waals surface area (Å²) in [4.78, 5) is 24.2. The number of ketones is 1. The number of carbonyl (C=O) groups excluding carboxylic acids is 2. The second-order valence-corrected chi connectivity index (χ2v) is 4.94. The summed E-state index contributed by atoms with van der Waals surface area (Å²) in [5.74, 6) is -1.68.